The summed E-state index contributed by atoms with van der Waals surface area (Å²) in [5, 5.41) is 0.454. The number of carbonyl (C=O) groups is 1. The zero-order valence-corrected chi connectivity index (χ0v) is 15.6. The van der Waals surface area contributed by atoms with Crippen molar-refractivity contribution in [3.05, 3.63) is 77.1 Å². The van der Waals surface area contributed by atoms with Crippen LogP contribution in [0.15, 0.2) is 65.7 Å². The number of hydroxylamine groups is 1. The molecule has 0 aliphatic carbocycles. The van der Waals surface area contributed by atoms with Crippen LogP contribution in [0, 0.1) is 0 Å². The van der Waals surface area contributed by atoms with Gasteiger partial charge in [-0.3, -0.25) is 9.78 Å². The third kappa shape index (κ3) is 4.58. The Morgan fingerprint density at radius 2 is 1.89 bits per heavy atom. The van der Waals surface area contributed by atoms with Crippen LogP contribution < -0.4 is 10.3 Å². The number of amides is 1. The lowest BCUT2D eigenvalue weighted by Gasteiger charge is -2.12. The predicted molar refractivity (Wildman–Crippen MR) is 101 cm³/mol. The van der Waals surface area contributed by atoms with Crippen molar-refractivity contribution in [3.63, 3.8) is 0 Å². The third-order valence-electron chi connectivity index (χ3n) is 3.70. The second kappa shape index (κ2) is 8.12. The van der Waals surface area contributed by atoms with Gasteiger partial charge in [-0.1, -0.05) is 29.8 Å². The number of halogens is 4. The Morgan fingerprint density at radius 3 is 2.61 bits per heavy atom. The summed E-state index contributed by atoms with van der Waals surface area (Å²) in [5.74, 6) is -0.881. The first-order chi connectivity index (χ1) is 13.3. The van der Waals surface area contributed by atoms with E-state index in [2.05, 4.69) is 23.1 Å². The highest BCUT2D eigenvalue weighted by molar-refractivity contribution is 7.80. The van der Waals surface area contributed by atoms with E-state index in [0.29, 0.717) is 21.0 Å². The van der Waals surface area contributed by atoms with Crippen LogP contribution >= 0.6 is 24.2 Å². The second-order valence-electron chi connectivity index (χ2n) is 5.62. The number of thiol groups is 1. The van der Waals surface area contributed by atoms with E-state index in [1.807, 2.05) is 0 Å². The lowest BCUT2D eigenvalue weighted by Crippen LogP contribution is -2.28. The Morgan fingerprint density at radius 1 is 1.11 bits per heavy atom. The van der Waals surface area contributed by atoms with Crippen molar-refractivity contribution in [3.8, 4) is 16.9 Å². The van der Waals surface area contributed by atoms with Gasteiger partial charge in [0.05, 0.1) is 10.6 Å². The van der Waals surface area contributed by atoms with Crippen molar-refractivity contribution in [2.24, 2.45) is 0 Å². The number of alkyl halides is 3. The van der Waals surface area contributed by atoms with E-state index in [9.17, 15) is 18.0 Å². The molecule has 0 radical (unpaired) electrons. The molecule has 0 bridgehead atoms. The van der Waals surface area contributed by atoms with Crippen LogP contribution in [-0.4, -0.2) is 10.9 Å². The van der Waals surface area contributed by atoms with E-state index in [4.69, 9.17) is 16.4 Å². The van der Waals surface area contributed by atoms with Crippen molar-refractivity contribution in [1.82, 2.24) is 10.5 Å². The summed E-state index contributed by atoms with van der Waals surface area (Å²) in [4.78, 5) is 22.1. The van der Waals surface area contributed by atoms with Gasteiger partial charge in [0.1, 0.15) is 5.69 Å². The quantitative estimate of drug-likeness (QED) is 0.433. The van der Waals surface area contributed by atoms with Gasteiger partial charge in [0, 0.05) is 16.7 Å². The van der Waals surface area contributed by atoms with Crippen LogP contribution in [0.3, 0.4) is 0 Å². The molecule has 0 unspecified atom stereocenters. The van der Waals surface area contributed by atoms with Gasteiger partial charge in [0.2, 0.25) is 0 Å². The average Bonchev–Trinajstić information content (AvgIpc) is 2.68. The van der Waals surface area contributed by atoms with E-state index in [0.717, 1.165) is 12.1 Å². The Balaban J connectivity index is 1.81. The molecule has 1 heterocycles. The lowest BCUT2D eigenvalue weighted by atomic mass is 10.0. The highest BCUT2D eigenvalue weighted by Gasteiger charge is 2.30. The molecule has 28 heavy (non-hydrogen) atoms. The van der Waals surface area contributed by atoms with E-state index < -0.39 is 17.6 Å². The van der Waals surface area contributed by atoms with Gasteiger partial charge in [-0.25, -0.2) is 0 Å². The van der Waals surface area contributed by atoms with Gasteiger partial charge < -0.3 is 4.84 Å². The zero-order chi connectivity index (χ0) is 20.3. The summed E-state index contributed by atoms with van der Waals surface area (Å²) in [6.45, 7) is 0. The molecule has 2 aromatic carbocycles. The molecule has 0 saturated carbocycles. The monoisotopic (exact) mass is 424 g/mol. The molecule has 1 aromatic heterocycles. The van der Waals surface area contributed by atoms with Crippen molar-refractivity contribution >= 4 is 30.1 Å². The number of hydrogen-bond donors (Lipinski definition) is 2. The number of aromatic nitrogens is 1. The Labute approximate surface area is 168 Å². The summed E-state index contributed by atoms with van der Waals surface area (Å²) >= 11 is 10.2. The minimum absolute atomic E-state index is 0.0320. The molecule has 0 aliphatic heterocycles. The number of rotatable bonds is 4. The number of nitrogens with one attached hydrogen (secondary N) is 1. The number of pyridine rings is 1. The first-order valence-corrected chi connectivity index (χ1v) is 8.66. The second-order valence-corrected chi connectivity index (χ2v) is 6.51. The van der Waals surface area contributed by atoms with Crippen molar-refractivity contribution in [2.45, 2.75) is 11.1 Å². The summed E-state index contributed by atoms with van der Waals surface area (Å²) in [6, 6.07) is 12.5. The molecule has 1 N–H and O–H groups in total. The van der Waals surface area contributed by atoms with Crippen molar-refractivity contribution < 1.29 is 22.8 Å². The van der Waals surface area contributed by atoms with Crippen LogP contribution in [0.5, 0.6) is 5.75 Å². The van der Waals surface area contributed by atoms with Crippen LogP contribution in [0.2, 0.25) is 5.02 Å². The molecule has 3 aromatic rings. The number of carbonyl (C=O) groups excluding carboxylic acids is 1. The van der Waals surface area contributed by atoms with Crippen LogP contribution in [0.25, 0.3) is 11.1 Å². The van der Waals surface area contributed by atoms with Gasteiger partial charge in [0.25, 0.3) is 0 Å². The topological polar surface area (TPSA) is 51.2 Å². The van der Waals surface area contributed by atoms with Gasteiger partial charge in [-0.2, -0.15) is 18.7 Å². The van der Waals surface area contributed by atoms with Crippen LogP contribution in [0.1, 0.15) is 16.1 Å². The number of nitrogens with zero attached hydrogens (tertiary/aromatic N) is 1. The summed E-state index contributed by atoms with van der Waals surface area (Å²) < 4.78 is 38.3. The molecule has 3 rings (SSSR count). The SMILES string of the molecule is O=C(NOc1cccc(C(F)(F)F)c1)c1ncccc1-c1ccc(Cl)c(S)c1. The molecular weight excluding hydrogens is 413 g/mol. The Kier molecular flexibility index (Phi) is 5.81. The average molecular weight is 425 g/mol. The molecule has 0 atom stereocenters. The normalized spacial score (nSPS) is 11.2. The standard InChI is InChI=1S/C19H12ClF3N2O2S/c20-15-7-6-11(9-16(15)28)14-5-2-8-24-17(14)18(26)25-27-13-4-1-3-12(10-13)19(21,22)23/h1-10,28H,(H,25,26). The molecule has 1 amide bonds. The van der Waals surface area contributed by atoms with E-state index in [1.165, 1.54) is 18.3 Å². The minimum Gasteiger partial charge on any atom is -0.379 e. The molecule has 144 valence electrons. The van der Waals surface area contributed by atoms with Crippen molar-refractivity contribution in [1.29, 1.82) is 0 Å². The van der Waals surface area contributed by atoms with E-state index in [1.54, 1.807) is 30.3 Å². The molecule has 0 aliphatic rings. The number of benzene rings is 2. The fourth-order valence-corrected chi connectivity index (χ4v) is 2.72. The van der Waals surface area contributed by atoms with E-state index in [-0.39, 0.29) is 11.4 Å². The minimum atomic E-state index is -4.52. The molecule has 0 spiro atoms. The molecule has 0 saturated heterocycles. The van der Waals surface area contributed by atoms with Gasteiger partial charge in [-0.05, 0) is 42.0 Å². The smallest absolute Gasteiger partial charge is 0.379 e. The fraction of sp³-hybridized carbons (Fsp3) is 0.0526. The Hall–Kier alpha value is -2.71. The highest BCUT2D eigenvalue weighted by Crippen LogP contribution is 2.31. The maximum absolute atomic E-state index is 12.8. The molecule has 9 heteroatoms. The zero-order valence-electron chi connectivity index (χ0n) is 14.0. The van der Waals surface area contributed by atoms with Gasteiger partial charge >= 0.3 is 12.1 Å². The predicted octanol–water partition coefficient (Wildman–Crippen LogP) is 5.43. The Bertz CT molecular complexity index is 1030. The summed E-state index contributed by atoms with van der Waals surface area (Å²) in [7, 11) is 0. The highest BCUT2D eigenvalue weighted by atomic mass is 35.5. The summed E-state index contributed by atoms with van der Waals surface area (Å²) in [6.07, 6.45) is -3.10. The third-order valence-corrected chi connectivity index (χ3v) is 4.53. The van der Waals surface area contributed by atoms with Gasteiger partial charge in [0.15, 0.2) is 5.75 Å². The van der Waals surface area contributed by atoms with Gasteiger partial charge in [-0.15, -0.1) is 12.6 Å². The van der Waals surface area contributed by atoms with Crippen molar-refractivity contribution in [2.75, 3.05) is 0 Å². The maximum Gasteiger partial charge on any atom is 0.416 e. The first kappa shape index (κ1) is 20.0. The lowest BCUT2D eigenvalue weighted by molar-refractivity contribution is -0.137. The summed E-state index contributed by atoms with van der Waals surface area (Å²) in [5.41, 5.74) is 2.39. The molecule has 0 fully saturated rings. The largest absolute Gasteiger partial charge is 0.416 e. The van der Waals surface area contributed by atoms with E-state index >= 15 is 0 Å². The molecule has 4 nitrogen and oxygen atoms in total. The van der Waals surface area contributed by atoms with Crippen LogP contribution in [0.4, 0.5) is 13.2 Å². The number of hydrogen-bond acceptors (Lipinski definition) is 4. The maximum atomic E-state index is 12.8. The van der Waals surface area contributed by atoms with Crippen LogP contribution in [-0.2, 0) is 6.18 Å². The first-order valence-electron chi connectivity index (χ1n) is 7.84. The fourth-order valence-electron chi connectivity index (χ4n) is 2.39. The molecular formula is C19H12ClF3N2O2S.